The number of carboxylic acid groups (broad SMARTS) is 1. The number of aliphatic carboxylic acids is 1. The van der Waals surface area contributed by atoms with Gasteiger partial charge < -0.3 is 9.84 Å². The van der Waals surface area contributed by atoms with Gasteiger partial charge in [0.2, 0.25) is 0 Å². The molecule has 1 N–H and O–H groups in total. The zero-order chi connectivity index (χ0) is 18.3. The first kappa shape index (κ1) is 16.4. The third-order valence-electron chi connectivity index (χ3n) is 5.09. The summed E-state index contributed by atoms with van der Waals surface area (Å²) in [6.45, 7) is 0. The van der Waals surface area contributed by atoms with Crippen LogP contribution in [0.15, 0.2) is 48.5 Å². The molecule has 1 aromatic heterocycles. The number of benzene rings is 2. The Morgan fingerprint density at radius 3 is 2.62 bits per heavy atom. The molecule has 2 aromatic carbocycles. The van der Waals surface area contributed by atoms with E-state index in [0.29, 0.717) is 24.2 Å². The normalized spacial score (nSPS) is 16.3. The number of hydrogen-bond donors (Lipinski definition) is 1. The Kier molecular flexibility index (Phi) is 3.99. The number of hydrogen-bond acceptors (Lipinski definition) is 3. The van der Waals surface area contributed by atoms with Gasteiger partial charge in [0, 0.05) is 16.6 Å². The van der Waals surface area contributed by atoms with E-state index in [-0.39, 0.29) is 5.91 Å². The van der Waals surface area contributed by atoms with Gasteiger partial charge in [0.25, 0.3) is 5.91 Å². The fourth-order valence-electron chi connectivity index (χ4n) is 3.92. The molecule has 0 amide bonds. The van der Waals surface area contributed by atoms with Crippen molar-refractivity contribution in [2.75, 3.05) is 7.11 Å². The van der Waals surface area contributed by atoms with Crippen LogP contribution < -0.4 is 4.74 Å². The van der Waals surface area contributed by atoms with Gasteiger partial charge in [-0.25, -0.2) is 0 Å². The van der Waals surface area contributed by atoms with Crippen LogP contribution in [0.5, 0.6) is 5.75 Å². The highest BCUT2D eigenvalue weighted by molar-refractivity contribution is 6.05. The molecule has 26 heavy (non-hydrogen) atoms. The SMILES string of the molecule is COc1ccc2c(c1)c1c(n2C(=O)c2ccccc2)CCCC1C(=O)O. The van der Waals surface area contributed by atoms with E-state index in [1.165, 1.54) is 0 Å². The molecule has 1 aliphatic carbocycles. The monoisotopic (exact) mass is 349 g/mol. The number of carbonyl (C=O) groups excluding carboxylic acids is 1. The maximum absolute atomic E-state index is 13.2. The summed E-state index contributed by atoms with van der Waals surface area (Å²) in [4.78, 5) is 25.0. The standard InChI is InChI=1S/C21H19NO4/c1-26-14-10-11-17-16(12-14)19-15(21(24)25)8-5-9-18(19)22(17)20(23)13-6-3-2-4-7-13/h2-4,6-7,10-12,15H,5,8-9H2,1H3,(H,24,25). The first-order chi connectivity index (χ1) is 12.6. The second kappa shape index (κ2) is 6.33. The molecule has 0 aliphatic heterocycles. The first-order valence-electron chi connectivity index (χ1n) is 8.65. The minimum Gasteiger partial charge on any atom is -0.497 e. The molecule has 0 saturated carbocycles. The summed E-state index contributed by atoms with van der Waals surface area (Å²) in [6.07, 6.45) is 2.02. The smallest absolute Gasteiger partial charge is 0.311 e. The quantitative estimate of drug-likeness (QED) is 0.780. The molecule has 0 radical (unpaired) electrons. The number of fused-ring (bicyclic) bond motifs is 3. The fourth-order valence-corrected chi connectivity index (χ4v) is 3.92. The number of methoxy groups -OCH3 is 1. The number of aromatic nitrogens is 1. The van der Waals surface area contributed by atoms with Crippen molar-refractivity contribution in [2.45, 2.75) is 25.2 Å². The maximum atomic E-state index is 13.2. The number of carboxylic acids is 1. The molecule has 0 fully saturated rings. The summed E-state index contributed by atoms with van der Waals surface area (Å²) in [5, 5.41) is 10.5. The summed E-state index contributed by atoms with van der Waals surface area (Å²) in [7, 11) is 1.58. The zero-order valence-electron chi connectivity index (χ0n) is 14.4. The Labute approximate surface area is 150 Å². The topological polar surface area (TPSA) is 68.5 Å². The lowest BCUT2D eigenvalue weighted by Gasteiger charge is -2.21. The molecule has 5 nitrogen and oxygen atoms in total. The van der Waals surface area contributed by atoms with Crippen molar-refractivity contribution >= 4 is 22.8 Å². The summed E-state index contributed by atoms with van der Waals surface area (Å²) in [5.74, 6) is -0.925. The molecule has 4 rings (SSSR count). The van der Waals surface area contributed by atoms with Gasteiger partial charge in [0.15, 0.2) is 0 Å². The lowest BCUT2D eigenvalue weighted by atomic mass is 9.85. The Hall–Kier alpha value is -3.08. The van der Waals surface area contributed by atoms with Gasteiger partial charge in [-0.1, -0.05) is 18.2 Å². The number of rotatable bonds is 3. The first-order valence-corrected chi connectivity index (χ1v) is 8.65. The number of nitrogens with zero attached hydrogens (tertiary/aromatic N) is 1. The van der Waals surface area contributed by atoms with E-state index in [4.69, 9.17) is 4.74 Å². The third-order valence-corrected chi connectivity index (χ3v) is 5.09. The summed E-state index contributed by atoms with van der Waals surface area (Å²) < 4.78 is 7.01. The van der Waals surface area contributed by atoms with Crippen LogP contribution in [-0.2, 0) is 11.2 Å². The molecule has 5 heteroatoms. The van der Waals surface area contributed by atoms with E-state index in [1.807, 2.05) is 30.3 Å². The molecule has 1 aliphatic rings. The van der Waals surface area contributed by atoms with E-state index in [1.54, 1.807) is 29.9 Å². The molecule has 1 atom stereocenters. The van der Waals surface area contributed by atoms with E-state index < -0.39 is 11.9 Å². The van der Waals surface area contributed by atoms with Crippen LogP contribution >= 0.6 is 0 Å². The fraction of sp³-hybridized carbons (Fsp3) is 0.238. The van der Waals surface area contributed by atoms with Crippen LogP contribution in [0, 0.1) is 0 Å². The van der Waals surface area contributed by atoms with Crippen molar-refractivity contribution in [3.8, 4) is 5.75 Å². The van der Waals surface area contributed by atoms with E-state index in [0.717, 1.165) is 28.6 Å². The van der Waals surface area contributed by atoms with Crippen LogP contribution in [-0.4, -0.2) is 28.7 Å². The van der Waals surface area contributed by atoms with Crippen molar-refractivity contribution in [2.24, 2.45) is 0 Å². The molecule has 132 valence electrons. The van der Waals surface area contributed by atoms with Gasteiger partial charge in [0.1, 0.15) is 5.75 Å². The van der Waals surface area contributed by atoms with E-state index in [2.05, 4.69) is 0 Å². The van der Waals surface area contributed by atoms with Crippen LogP contribution in [0.25, 0.3) is 10.9 Å². The molecular weight excluding hydrogens is 330 g/mol. The highest BCUT2D eigenvalue weighted by atomic mass is 16.5. The summed E-state index contributed by atoms with van der Waals surface area (Å²) in [5.41, 5.74) is 2.88. The molecule has 0 spiro atoms. The van der Waals surface area contributed by atoms with Gasteiger partial charge in [0.05, 0.1) is 18.5 Å². The second-order valence-corrected chi connectivity index (χ2v) is 6.53. The number of carbonyl (C=O) groups is 2. The average Bonchev–Trinajstić information content (AvgIpc) is 3.01. The van der Waals surface area contributed by atoms with E-state index in [9.17, 15) is 14.7 Å². The molecule has 0 saturated heterocycles. The van der Waals surface area contributed by atoms with E-state index >= 15 is 0 Å². The molecule has 1 unspecified atom stereocenters. The molecule has 3 aromatic rings. The van der Waals surface area contributed by atoms with Crippen molar-refractivity contribution in [3.05, 3.63) is 65.4 Å². The highest BCUT2D eigenvalue weighted by Crippen LogP contribution is 2.40. The van der Waals surface area contributed by atoms with Gasteiger partial charge in [-0.05, 0) is 55.2 Å². The van der Waals surface area contributed by atoms with Crippen LogP contribution in [0.3, 0.4) is 0 Å². The third kappa shape index (κ3) is 2.47. The van der Waals surface area contributed by atoms with Crippen molar-refractivity contribution in [1.82, 2.24) is 4.57 Å². The molecular formula is C21H19NO4. The van der Waals surface area contributed by atoms with Crippen LogP contribution in [0.2, 0.25) is 0 Å². The van der Waals surface area contributed by atoms with Gasteiger partial charge >= 0.3 is 5.97 Å². The van der Waals surface area contributed by atoms with Crippen molar-refractivity contribution in [3.63, 3.8) is 0 Å². The average molecular weight is 349 g/mol. The van der Waals surface area contributed by atoms with Crippen LogP contribution in [0.4, 0.5) is 0 Å². The van der Waals surface area contributed by atoms with Crippen molar-refractivity contribution < 1.29 is 19.4 Å². The Morgan fingerprint density at radius 1 is 1.15 bits per heavy atom. The zero-order valence-corrected chi connectivity index (χ0v) is 14.4. The Balaban J connectivity index is 2.02. The molecule has 0 bridgehead atoms. The van der Waals surface area contributed by atoms with Crippen LogP contribution in [0.1, 0.15) is 40.4 Å². The highest BCUT2D eigenvalue weighted by Gasteiger charge is 2.33. The maximum Gasteiger partial charge on any atom is 0.311 e. The lowest BCUT2D eigenvalue weighted by Crippen LogP contribution is -2.21. The van der Waals surface area contributed by atoms with Crippen molar-refractivity contribution in [1.29, 1.82) is 0 Å². The minimum atomic E-state index is -0.847. The summed E-state index contributed by atoms with van der Waals surface area (Å²) in [6, 6.07) is 14.6. The van der Waals surface area contributed by atoms with Gasteiger partial charge in [-0.2, -0.15) is 0 Å². The number of ether oxygens (including phenoxy) is 1. The van der Waals surface area contributed by atoms with Gasteiger partial charge in [-0.15, -0.1) is 0 Å². The second-order valence-electron chi connectivity index (χ2n) is 6.53. The van der Waals surface area contributed by atoms with Gasteiger partial charge in [-0.3, -0.25) is 14.2 Å². The largest absolute Gasteiger partial charge is 0.497 e. The Morgan fingerprint density at radius 2 is 1.92 bits per heavy atom. The minimum absolute atomic E-state index is 0.131. The Bertz CT molecular complexity index is 1000. The predicted molar refractivity (Wildman–Crippen MR) is 98.0 cm³/mol. The lowest BCUT2D eigenvalue weighted by molar-refractivity contribution is -0.139. The summed E-state index contributed by atoms with van der Waals surface area (Å²) >= 11 is 0. The predicted octanol–water partition coefficient (Wildman–Crippen LogP) is 3.84. The molecule has 1 heterocycles.